The van der Waals surface area contributed by atoms with Crippen LogP contribution in [0, 0.1) is 6.92 Å². The molecular weight excluding hydrogens is 298 g/mol. The van der Waals surface area contributed by atoms with Crippen molar-refractivity contribution in [2.75, 3.05) is 0 Å². The summed E-state index contributed by atoms with van der Waals surface area (Å²) >= 11 is 0. The third kappa shape index (κ3) is 3.34. The summed E-state index contributed by atoms with van der Waals surface area (Å²) < 4.78 is 31.6. The van der Waals surface area contributed by atoms with Gasteiger partial charge >= 0.3 is 0 Å². The zero-order valence-corrected chi connectivity index (χ0v) is 13.9. The number of benzene rings is 1. The van der Waals surface area contributed by atoms with Crippen molar-refractivity contribution in [3.8, 4) is 0 Å². The van der Waals surface area contributed by atoms with Gasteiger partial charge < -0.3 is 4.57 Å². The lowest BCUT2D eigenvalue weighted by Gasteiger charge is -2.13. The number of fused-ring (bicyclic) bond motifs is 1. The Labute approximate surface area is 131 Å². The molecule has 0 atom stereocenters. The predicted octanol–water partition coefficient (Wildman–Crippen LogP) is 2.35. The van der Waals surface area contributed by atoms with Crippen molar-refractivity contribution >= 4 is 21.1 Å². The average Bonchev–Trinajstić information content (AvgIpc) is 3.05. The highest BCUT2D eigenvalue weighted by atomic mass is 32.2. The SMILES string of the molecule is Cc1cc2cc(CNS(=O)(=O)NC3CCCC3)ccc2n1C. The van der Waals surface area contributed by atoms with E-state index in [4.69, 9.17) is 0 Å². The molecule has 0 bridgehead atoms. The quantitative estimate of drug-likeness (QED) is 0.888. The third-order valence-corrected chi connectivity index (χ3v) is 5.66. The van der Waals surface area contributed by atoms with Crippen LogP contribution in [0.25, 0.3) is 10.9 Å². The number of nitrogens with zero attached hydrogens (tertiary/aromatic N) is 1. The molecule has 1 aliphatic rings. The zero-order valence-electron chi connectivity index (χ0n) is 13.1. The lowest BCUT2D eigenvalue weighted by Crippen LogP contribution is -2.41. The van der Waals surface area contributed by atoms with Gasteiger partial charge in [0.15, 0.2) is 0 Å². The number of aryl methyl sites for hydroxylation is 2. The molecule has 1 heterocycles. The molecule has 0 unspecified atom stereocenters. The van der Waals surface area contributed by atoms with E-state index in [0.29, 0.717) is 6.54 Å². The van der Waals surface area contributed by atoms with Crippen molar-refractivity contribution < 1.29 is 8.42 Å². The second-order valence-corrected chi connectivity index (χ2v) is 7.69. The Hall–Kier alpha value is -1.37. The fraction of sp³-hybridized carbons (Fsp3) is 0.500. The van der Waals surface area contributed by atoms with Gasteiger partial charge in [-0.05, 0) is 43.5 Å². The van der Waals surface area contributed by atoms with E-state index in [1.54, 1.807) is 0 Å². The molecule has 1 saturated carbocycles. The molecule has 22 heavy (non-hydrogen) atoms. The van der Waals surface area contributed by atoms with E-state index in [-0.39, 0.29) is 6.04 Å². The summed E-state index contributed by atoms with van der Waals surface area (Å²) in [6.07, 6.45) is 4.10. The van der Waals surface area contributed by atoms with E-state index in [1.807, 2.05) is 25.2 Å². The minimum absolute atomic E-state index is 0.0942. The van der Waals surface area contributed by atoms with Gasteiger partial charge in [0, 0.05) is 36.2 Å². The van der Waals surface area contributed by atoms with Gasteiger partial charge in [-0.1, -0.05) is 18.9 Å². The maximum atomic E-state index is 12.1. The Morgan fingerprint density at radius 2 is 1.95 bits per heavy atom. The predicted molar refractivity (Wildman–Crippen MR) is 88.8 cm³/mol. The number of nitrogens with one attached hydrogen (secondary N) is 2. The fourth-order valence-electron chi connectivity index (χ4n) is 3.13. The Balaban J connectivity index is 1.67. The minimum atomic E-state index is -3.42. The van der Waals surface area contributed by atoms with Crippen molar-refractivity contribution in [1.29, 1.82) is 0 Å². The van der Waals surface area contributed by atoms with E-state index in [0.717, 1.165) is 42.1 Å². The lowest BCUT2D eigenvalue weighted by atomic mass is 10.1. The maximum Gasteiger partial charge on any atom is 0.277 e. The van der Waals surface area contributed by atoms with Gasteiger partial charge in [-0.3, -0.25) is 0 Å². The molecule has 0 saturated heterocycles. The van der Waals surface area contributed by atoms with Crippen molar-refractivity contribution in [1.82, 2.24) is 14.0 Å². The van der Waals surface area contributed by atoms with Crippen LogP contribution < -0.4 is 9.44 Å². The molecule has 0 aliphatic heterocycles. The van der Waals surface area contributed by atoms with E-state index in [2.05, 4.69) is 27.0 Å². The molecule has 0 radical (unpaired) electrons. The van der Waals surface area contributed by atoms with Crippen LogP contribution in [-0.2, 0) is 23.8 Å². The van der Waals surface area contributed by atoms with Gasteiger partial charge in [-0.25, -0.2) is 0 Å². The Morgan fingerprint density at radius 1 is 1.23 bits per heavy atom. The molecule has 0 amide bonds. The number of hydrogen-bond acceptors (Lipinski definition) is 2. The van der Waals surface area contributed by atoms with Crippen LogP contribution in [0.15, 0.2) is 24.3 Å². The number of rotatable bonds is 5. The molecule has 2 N–H and O–H groups in total. The van der Waals surface area contributed by atoms with E-state index in [1.165, 1.54) is 5.69 Å². The van der Waals surface area contributed by atoms with Crippen LogP contribution in [0.1, 0.15) is 36.9 Å². The number of hydrogen-bond donors (Lipinski definition) is 2. The Bertz CT molecular complexity index is 774. The van der Waals surface area contributed by atoms with Gasteiger partial charge in [-0.15, -0.1) is 0 Å². The van der Waals surface area contributed by atoms with Gasteiger partial charge in [0.1, 0.15) is 0 Å². The van der Waals surface area contributed by atoms with E-state index >= 15 is 0 Å². The second-order valence-electron chi connectivity index (χ2n) is 6.16. The first-order chi connectivity index (χ1) is 10.4. The summed E-state index contributed by atoms with van der Waals surface area (Å²) in [6.45, 7) is 2.37. The summed E-state index contributed by atoms with van der Waals surface area (Å²) in [4.78, 5) is 0. The maximum absolute atomic E-state index is 12.1. The summed E-state index contributed by atoms with van der Waals surface area (Å²) in [5.74, 6) is 0. The molecule has 0 spiro atoms. The van der Waals surface area contributed by atoms with Gasteiger partial charge in [0.05, 0.1) is 0 Å². The summed E-state index contributed by atoms with van der Waals surface area (Å²) in [6, 6.07) is 8.26. The first-order valence-electron chi connectivity index (χ1n) is 7.76. The highest BCUT2D eigenvalue weighted by Crippen LogP contribution is 2.20. The van der Waals surface area contributed by atoms with E-state index in [9.17, 15) is 8.42 Å². The molecule has 5 nitrogen and oxygen atoms in total. The largest absolute Gasteiger partial charge is 0.348 e. The zero-order chi connectivity index (χ0) is 15.7. The molecule has 120 valence electrons. The topological polar surface area (TPSA) is 63.1 Å². The van der Waals surface area contributed by atoms with Crippen LogP contribution in [0.5, 0.6) is 0 Å². The fourth-order valence-corrected chi connectivity index (χ4v) is 4.24. The molecule has 1 aromatic carbocycles. The summed E-state index contributed by atoms with van der Waals surface area (Å²) in [7, 11) is -1.39. The van der Waals surface area contributed by atoms with E-state index < -0.39 is 10.2 Å². The van der Waals surface area contributed by atoms with Crippen LogP contribution in [-0.4, -0.2) is 19.0 Å². The number of aromatic nitrogens is 1. The Kier molecular flexibility index (Phi) is 4.25. The van der Waals surface area contributed by atoms with Crippen LogP contribution in [0.3, 0.4) is 0 Å². The standard InChI is InChI=1S/C16H23N3O2S/c1-12-9-14-10-13(7-8-16(14)19(12)2)11-17-22(20,21)18-15-5-3-4-6-15/h7-10,15,17-18H,3-6,11H2,1-2H3. The van der Waals surface area contributed by atoms with Crippen molar-refractivity contribution in [2.24, 2.45) is 7.05 Å². The normalized spacial score (nSPS) is 16.6. The molecular formula is C16H23N3O2S. The minimum Gasteiger partial charge on any atom is -0.348 e. The molecule has 2 aromatic rings. The molecule has 1 aromatic heterocycles. The van der Waals surface area contributed by atoms with Crippen molar-refractivity contribution in [3.05, 3.63) is 35.5 Å². The van der Waals surface area contributed by atoms with Crippen molar-refractivity contribution in [2.45, 2.75) is 45.2 Å². The van der Waals surface area contributed by atoms with Gasteiger partial charge in [0.2, 0.25) is 0 Å². The molecule has 6 heteroatoms. The highest BCUT2D eigenvalue weighted by molar-refractivity contribution is 7.87. The molecule has 1 fully saturated rings. The highest BCUT2D eigenvalue weighted by Gasteiger charge is 2.20. The monoisotopic (exact) mass is 321 g/mol. The van der Waals surface area contributed by atoms with Crippen LogP contribution in [0.4, 0.5) is 0 Å². The van der Waals surface area contributed by atoms with Gasteiger partial charge in [-0.2, -0.15) is 17.9 Å². The van der Waals surface area contributed by atoms with Gasteiger partial charge in [0.25, 0.3) is 10.2 Å². The molecule has 3 rings (SSSR count). The first kappa shape index (κ1) is 15.5. The smallest absolute Gasteiger partial charge is 0.277 e. The van der Waals surface area contributed by atoms with Crippen molar-refractivity contribution in [3.63, 3.8) is 0 Å². The second kappa shape index (κ2) is 6.02. The average molecular weight is 321 g/mol. The third-order valence-electron chi connectivity index (χ3n) is 4.49. The van der Waals surface area contributed by atoms with Crippen LogP contribution in [0.2, 0.25) is 0 Å². The lowest BCUT2D eigenvalue weighted by molar-refractivity contribution is 0.539. The summed E-state index contributed by atoms with van der Waals surface area (Å²) in [5.41, 5.74) is 3.32. The Morgan fingerprint density at radius 3 is 2.68 bits per heavy atom. The first-order valence-corrected chi connectivity index (χ1v) is 9.25. The van der Waals surface area contributed by atoms with Crippen LogP contribution >= 0.6 is 0 Å². The molecule has 1 aliphatic carbocycles. The summed E-state index contributed by atoms with van der Waals surface area (Å²) in [5, 5.41) is 1.14.